The number of esters is 1. The van der Waals surface area contributed by atoms with Crippen LogP contribution in [-0.2, 0) is 11.2 Å². The summed E-state index contributed by atoms with van der Waals surface area (Å²) >= 11 is 0. The summed E-state index contributed by atoms with van der Waals surface area (Å²) in [5.74, 6) is 0.781. The first kappa shape index (κ1) is 14.6. The smallest absolute Gasteiger partial charge is 0.341 e. The number of benzene rings is 1. The predicted octanol–water partition coefficient (Wildman–Crippen LogP) is 3.46. The van der Waals surface area contributed by atoms with E-state index in [0.29, 0.717) is 30.4 Å². The lowest BCUT2D eigenvalue weighted by molar-refractivity contribution is 0.0520. The van der Waals surface area contributed by atoms with Crippen molar-refractivity contribution in [3.63, 3.8) is 0 Å². The molecule has 3 heteroatoms. The monoisotopic (exact) mass is 250 g/mol. The van der Waals surface area contributed by atoms with Crippen molar-refractivity contribution in [1.82, 2.24) is 0 Å². The van der Waals surface area contributed by atoms with E-state index in [9.17, 15) is 4.79 Å². The molecule has 0 aromatic heterocycles. The predicted molar refractivity (Wildman–Crippen MR) is 72.1 cm³/mol. The molecule has 100 valence electrons. The summed E-state index contributed by atoms with van der Waals surface area (Å²) in [6, 6.07) is 5.61. The van der Waals surface area contributed by atoms with E-state index in [0.717, 1.165) is 12.0 Å². The van der Waals surface area contributed by atoms with Gasteiger partial charge in [0.2, 0.25) is 0 Å². The first-order valence-corrected chi connectivity index (χ1v) is 6.51. The van der Waals surface area contributed by atoms with Gasteiger partial charge in [-0.15, -0.1) is 0 Å². The topological polar surface area (TPSA) is 35.5 Å². The Hall–Kier alpha value is -1.51. The molecule has 0 radical (unpaired) electrons. The van der Waals surface area contributed by atoms with Crippen LogP contribution in [0.1, 0.15) is 43.6 Å². The molecule has 0 spiro atoms. The van der Waals surface area contributed by atoms with Crippen molar-refractivity contribution in [3.8, 4) is 5.75 Å². The van der Waals surface area contributed by atoms with E-state index in [1.54, 1.807) is 13.0 Å². The zero-order chi connectivity index (χ0) is 13.5. The Kier molecular flexibility index (Phi) is 5.69. The summed E-state index contributed by atoms with van der Waals surface area (Å²) < 4.78 is 10.8. The molecule has 1 rings (SSSR count). The summed E-state index contributed by atoms with van der Waals surface area (Å²) in [6.45, 7) is 8.99. The van der Waals surface area contributed by atoms with E-state index < -0.39 is 0 Å². The number of para-hydroxylation sites is 1. The Morgan fingerprint density at radius 2 is 2.00 bits per heavy atom. The maximum Gasteiger partial charge on any atom is 0.341 e. The Morgan fingerprint density at radius 1 is 1.28 bits per heavy atom. The molecule has 18 heavy (non-hydrogen) atoms. The highest BCUT2D eigenvalue weighted by atomic mass is 16.5. The van der Waals surface area contributed by atoms with Crippen LogP contribution in [-0.4, -0.2) is 19.2 Å². The van der Waals surface area contributed by atoms with Crippen LogP contribution >= 0.6 is 0 Å². The molecule has 0 heterocycles. The minimum absolute atomic E-state index is 0.313. The fraction of sp³-hybridized carbons (Fsp3) is 0.533. The van der Waals surface area contributed by atoms with Crippen molar-refractivity contribution >= 4 is 5.97 Å². The molecule has 0 saturated heterocycles. The van der Waals surface area contributed by atoms with E-state index in [1.165, 1.54) is 0 Å². The third-order valence-electron chi connectivity index (χ3n) is 2.53. The minimum Gasteiger partial charge on any atom is -0.492 e. The van der Waals surface area contributed by atoms with Crippen molar-refractivity contribution < 1.29 is 14.3 Å². The van der Waals surface area contributed by atoms with Gasteiger partial charge in [0.15, 0.2) is 0 Å². The average molecular weight is 250 g/mol. The van der Waals surface area contributed by atoms with E-state index in [2.05, 4.69) is 13.8 Å². The summed E-state index contributed by atoms with van der Waals surface area (Å²) in [5, 5.41) is 0. The third-order valence-corrected chi connectivity index (χ3v) is 2.53. The lowest BCUT2D eigenvalue weighted by atomic mass is 10.1. The first-order chi connectivity index (χ1) is 8.60. The number of hydrogen-bond acceptors (Lipinski definition) is 3. The van der Waals surface area contributed by atoms with E-state index in [1.807, 2.05) is 19.1 Å². The van der Waals surface area contributed by atoms with Gasteiger partial charge < -0.3 is 9.47 Å². The molecule has 0 bridgehead atoms. The van der Waals surface area contributed by atoms with Crippen LogP contribution in [0.15, 0.2) is 18.2 Å². The Labute approximate surface area is 109 Å². The average Bonchev–Trinajstić information content (AvgIpc) is 2.36. The van der Waals surface area contributed by atoms with Crippen molar-refractivity contribution in [1.29, 1.82) is 0 Å². The normalized spacial score (nSPS) is 10.5. The zero-order valence-electron chi connectivity index (χ0n) is 11.7. The molecule has 0 unspecified atom stereocenters. The second-order valence-corrected chi connectivity index (χ2v) is 4.57. The second-order valence-electron chi connectivity index (χ2n) is 4.57. The molecular weight excluding hydrogens is 228 g/mol. The lowest BCUT2D eigenvalue weighted by Crippen LogP contribution is -2.12. The molecule has 0 amide bonds. The molecule has 0 saturated carbocycles. The highest BCUT2D eigenvalue weighted by molar-refractivity contribution is 5.93. The number of hydrogen-bond donors (Lipinski definition) is 0. The fourth-order valence-corrected chi connectivity index (χ4v) is 1.65. The van der Waals surface area contributed by atoms with Crippen molar-refractivity contribution in [2.45, 2.75) is 34.1 Å². The van der Waals surface area contributed by atoms with E-state index in [4.69, 9.17) is 9.47 Å². The highest BCUT2D eigenvalue weighted by Crippen LogP contribution is 2.26. The van der Waals surface area contributed by atoms with Gasteiger partial charge in [0, 0.05) is 0 Å². The van der Waals surface area contributed by atoms with Gasteiger partial charge in [-0.05, 0) is 30.9 Å². The standard InChI is InChI=1S/C15H22O3/c1-5-12-8-7-9-13(15(16)17-6-2)14(12)18-10-11(3)4/h7-9,11H,5-6,10H2,1-4H3. The highest BCUT2D eigenvalue weighted by Gasteiger charge is 2.16. The summed E-state index contributed by atoms with van der Waals surface area (Å²) in [7, 11) is 0. The Morgan fingerprint density at radius 3 is 2.56 bits per heavy atom. The number of rotatable bonds is 6. The largest absolute Gasteiger partial charge is 0.492 e. The van der Waals surface area contributed by atoms with Crippen LogP contribution in [0.2, 0.25) is 0 Å². The maximum atomic E-state index is 11.9. The second kappa shape index (κ2) is 7.04. The molecule has 0 aliphatic heterocycles. The molecule has 0 N–H and O–H groups in total. The van der Waals surface area contributed by atoms with Crippen molar-refractivity contribution in [2.75, 3.05) is 13.2 Å². The molecule has 0 aliphatic rings. The Bertz CT molecular complexity index is 397. The summed E-state index contributed by atoms with van der Waals surface area (Å²) in [4.78, 5) is 11.9. The number of carbonyl (C=O) groups excluding carboxylic acids is 1. The van der Waals surface area contributed by atoms with Gasteiger partial charge >= 0.3 is 5.97 Å². The van der Waals surface area contributed by atoms with Crippen LogP contribution in [0.25, 0.3) is 0 Å². The van der Waals surface area contributed by atoms with Crippen LogP contribution in [0.3, 0.4) is 0 Å². The molecule has 0 aliphatic carbocycles. The van der Waals surface area contributed by atoms with Crippen molar-refractivity contribution in [2.24, 2.45) is 5.92 Å². The van der Waals surface area contributed by atoms with Gasteiger partial charge in [-0.2, -0.15) is 0 Å². The van der Waals surface area contributed by atoms with Gasteiger partial charge in [-0.3, -0.25) is 0 Å². The first-order valence-electron chi connectivity index (χ1n) is 6.51. The molecular formula is C15H22O3. The van der Waals surface area contributed by atoms with Crippen LogP contribution in [0.4, 0.5) is 0 Å². The lowest BCUT2D eigenvalue weighted by Gasteiger charge is -2.15. The summed E-state index contributed by atoms with van der Waals surface area (Å²) in [5.41, 5.74) is 1.57. The SMILES string of the molecule is CCOC(=O)c1cccc(CC)c1OCC(C)C. The van der Waals surface area contributed by atoms with Crippen molar-refractivity contribution in [3.05, 3.63) is 29.3 Å². The Balaban J connectivity index is 3.03. The molecule has 1 aromatic rings. The minimum atomic E-state index is -0.313. The van der Waals surface area contributed by atoms with Gasteiger partial charge in [0.25, 0.3) is 0 Å². The number of ether oxygens (including phenoxy) is 2. The van der Waals surface area contributed by atoms with Gasteiger partial charge in [0.1, 0.15) is 11.3 Å². The zero-order valence-corrected chi connectivity index (χ0v) is 11.7. The van der Waals surface area contributed by atoms with E-state index >= 15 is 0 Å². The van der Waals surface area contributed by atoms with Crippen LogP contribution < -0.4 is 4.74 Å². The summed E-state index contributed by atoms with van der Waals surface area (Å²) in [6.07, 6.45) is 0.834. The van der Waals surface area contributed by atoms with E-state index in [-0.39, 0.29) is 5.97 Å². The number of carbonyl (C=O) groups is 1. The fourth-order valence-electron chi connectivity index (χ4n) is 1.65. The van der Waals surface area contributed by atoms with Crippen LogP contribution in [0.5, 0.6) is 5.75 Å². The molecule has 3 nitrogen and oxygen atoms in total. The quantitative estimate of drug-likeness (QED) is 0.725. The van der Waals surface area contributed by atoms with Gasteiger partial charge in [-0.1, -0.05) is 32.9 Å². The molecule has 1 aromatic carbocycles. The molecule has 0 atom stereocenters. The van der Waals surface area contributed by atoms with Gasteiger partial charge in [-0.25, -0.2) is 4.79 Å². The number of aryl methyl sites for hydroxylation is 1. The molecule has 0 fully saturated rings. The van der Waals surface area contributed by atoms with Crippen LogP contribution in [0, 0.1) is 5.92 Å². The third kappa shape index (κ3) is 3.76. The maximum absolute atomic E-state index is 11.9. The van der Waals surface area contributed by atoms with Gasteiger partial charge in [0.05, 0.1) is 13.2 Å².